The summed E-state index contributed by atoms with van der Waals surface area (Å²) in [4.78, 5) is 32.5. The summed E-state index contributed by atoms with van der Waals surface area (Å²) in [5.41, 5.74) is 3.31. The standard InChI is InChI=1S/C12H15N3O5/c1-3-12(2,11(17)18)14-8-5-4-7(10(13)16)6-9(8)15(19)20/h4-6,14H,3H2,1-2H3,(H2,13,16)(H,17,18). The SMILES string of the molecule is CCC(C)(Nc1ccc(C(N)=O)cc1[N+](=O)[O-])C(=O)O. The van der Waals surface area contributed by atoms with E-state index >= 15 is 0 Å². The smallest absolute Gasteiger partial charge is 0.329 e. The fourth-order valence-electron chi connectivity index (χ4n) is 1.53. The van der Waals surface area contributed by atoms with E-state index in [9.17, 15) is 19.7 Å². The van der Waals surface area contributed by atoms with Gasteiger partial charge in [0.1, 0.15) is 11.2 Å². The highest BCUT2D eigenvalue weighted by Crippen LogP contribution is 2.29. The molecule has 1 aromatic carbocycles. The number of carboxylic acids is 1. The minimum Gasteiger partial charge on any atom is -0.480 e. The number of anilines is 1. The minimum absolute atomic E-state index is 0.0178. The lowest BCUT2D eigenvalue weighted by Gasteiger charge is -2.25. The number of rotatable bonds is 6. The summed E-state index contributed by atoms with van der Waals surface area (Å²) in [5, 5.41) is 22.8. The monoisotopic (exact) mass is 281 g/mol. The number of amides is 1. The van der Waals surface area contributed by atoms with Gasteiger partial charge in [-0.2, -0.15) is 0 Å². The number of nitro benzene ring substituents is 1. The molecule has 4 N–H and O–H groups in total. The van der Waals surface area contributed by atoms with Gasteiger partial charge < -0.3 is 16.2 Å². The second kappa shape index (κ2) is 5.55. The maximum atomic E-state index is 11.2. The molecule has 0 aliphatic carbocycles. The molecule has 0 radical (unpaired) electrons. The van der Waals surface area contributed by atoms with Crippen molar-refractivity contribution < 1.29 is 19.6 Å². The van der Waals surface area contributed by atoms with Gasteiger partial charge >= 0.3 is 5.97 Å². The molecule has 0 saturated carbocycles. The van der Waals surface area contributed by atoms with Crippen LogP contribution in [-0.2, 0) is 4.79 Å². The molecule has 0 aliphatic rings. The van der Waals surface area contributed by atoms with E-state index in [0.717, 1.165) is 6.07 Å². The molecule has 1 rings (SSSR count). The van der Waals surface area contributed by atoms with Gasteiger partial charge in [0.25, 0.3) is 5.69 Å². The molecule has 0 aliphatic heterocycles. The van der Waals surface area contributed by atoms with Crippen molar-refractivity contribution in [3.63, 3.8) is 0 Å². The number of nitrogens with one attached hydrogen (secondary N) is 1. The molecule has 0 heterocycles. The highest BCUT2D eigenvalue weighted by molar-refractivity contribution is 5.94. The predicted octanol–water partition coefficient (Wildman–Crippen LogP) is 1.36. The van der Waals surface area contributed by atoms with Crippen LogP contribution in [0.4, 0.5) is 11.4 Å². The number of aliphatic carboxylic acids is 1. The van der Waals surface area contributed by atoms with Crippen LogP contribution in [0.5, 0.6) is 0 Å². The Kier molecular flexibility index (Phi) is 4.28. The van der Waals surface area contributed by atoms with Gasteiger partial charge in [0.05, 0.1) is 4.92 Å². The van der Waals surface area contributed by atoms with Gasteiger partial charge in [0, 0.05) is 11.6 Å². The van der Waals surface area contributed by atoms with Crippen LogP contribution in [0.15, 0.2) is 18.2 Å². The molecule has 1 aromatic rings. The van der Waals surface area contributed by atoms with Gasteiger partial charge in [0.2, 0.25) is 5.91 Å². The van der Waals surface area contributed by atoms with Crippen LogP contribution in [0.3, 0.4) is 0 Å². The molecule has 8 nitrogen and oxygen atoms in total. The Hall–Kier alpha value is -2.64. The first-order valence-electron chi connectivity index (χ1n) is 5.81. The zero-order valence-corrected chi connectivity index (χ0v) is 11.0. The van der Waals surface area contributed by atoms with E-state index in [-0.39, 0.29) is 17.7 Å². The fraction of sp³-hybridized carbons (Fsp3) is 0.333. The van der Waals surface area contributed by atoms with E-state index in [2.05, 4.69) is 5.32 Å². The summed E-state index contributed by atoms with van der Waals surface area (Å²) in [5.74, 6) is -1.93. The number of hydrogen-bond donors (Lipinski definition) is 3. The average molecular weight is 281 g/mol. The highest BCUT2D eigenvalue weighted by atomic mass is 16.6. The molecule has 1 atom stereocenters. The Labute approximate surface area is 114 Å². The highest BCUT2D eigenvalue weighted by Gasteiger charge is 2.33. The van der Waals surface area contributed by atoms with E-state index < -0.39 is 28.0 Å². The number of nitrogens with two attached hydrogens (primary N) is 1. The fourth-order valence-corrected chi connectivity index (χ4v) is 1.53. The summed E-state index contributed by atoms with van der Waals surface area (Å²) in [6.07, 6.45) is 0.219. The molecular weight excluding hydrogens is 266 g/mol. The van der Waals surface area contributed by atoms with E-state index in [4.69, 9.17) is 10.8 Å². The van der Waals surface area contributed by atoms with Gasteiger partial charge in [-0.1, -0.05) is 6.92 Å². The van der Waals surface area contributed by atoms with Crippen molar-refractivity contribution in [3.05, 3.63) is 33.9 Å². The van der Waals surface area contributed by atoms with E-state index in [0.29, 0.717) is 0 Å². The number of carbonyl (C=O) groups excluding carboxylic acids is 1. The first-order valence-corrected chi connectivity index (χ1v) is 5.81. The summed E-state index contributed by atoms with van der Waals surface area (Å²) in [7, 11) is 0. The van der Waals surface area contributed by atoms with Crippen molar-refractivity contribution in [1.29, 1.82) is 0 Å². The number of nitrogens with zero attached hydrogens (tertiary/aromatic N) is 1. The number of benzene rings is 1. The van der Waals surface area contributed by atoms with Crippen molar-refractivity contribution >= 4 is 23.3 Å². The van der Waals surface area contributed by atoms with E-state index in [1.165, 1.54) is 19.1 Å². The first kappa shape index (κ1) is 15.4. The van der Waals surface area contributed by atoms with Gasteiger partial charge in [-0.3, -0.25) is 14.9 Å². The third-order valence-electron chi connectivity index (χ3n) is 3.07. The number of carbonyl (C=O) groups is 2. The quantitative estimate of drug-likeness (QED) is 0.532. The Morgan fingerprint density at radius 1 is 1.50 bits per heavy atom. The summed E-state index contributed by atoms with van der Waals surface area (Å²) in [6.45, 7) is 3.06. The minimum atomic E-state index is -1.35. The molecule has 0 spiro atoms. The molecule has 8 heteroatoms. The molecular formula is C12H15N3O5. The van der Waals surface area contributed by atoms with Crippen molar-refractivity contribution in [2.24, 2.45) is 5.73 Å². The molecule has 0 fully saturated rings. The van der Waals surface area contributed by atoms with Gasteiger partial charge in [0.15, 0.2) is 0 Å². The van der Waals surface area contributed by atoms with Crippen LogP contribution in [0, 0.1) is 10.1 Å². The van der Waals surface area contributed by atoms with Gasteiger partial charge in [-0.05, 0) is 25.5 Å². The average Bonchev–Trinajstić information content (AvgIpc) is 2.38. The number of hydrogen-bond acceptors (Lipinski definition) is 5. The molecule has 1 amide bonds. The molecule has 20 heavy (non-hydrogen) atoms. The molecule has 108 valence electrons. The topological polar surface area (TPSA) is 136 Å². The lowest BCUT2D eigenvalue weighted by molar-refractivity contribution is -0.384. The van der Waals surface area contributed by atoms with Crippen LogP contribution in [0.2, 0.25) is 0 Å². The second-order valence-corrected chi connectivity index (χ2v) is 4.47. The first-order chi connectivity index (χ1) is 9.21. The maximum absolute atomic E-state index is 11.2. The lowest BCUT2D eigenvalue weighted by atomic mass is 9.98. The van der Waals surface area contributed by atoms with Crippen LogP contribution >= 0.6 is 0 Å². The zero-order valence-electron chi connectivity index (χ0n) is 11.0. The molecule has 1 unspecified atom stereocenters. The van der Waals surface area contributed by atoms with Crippen molar-refractivity contribution in [2.45, 2.75) is 25.8 Å². The number of carboxylic acid groups (broad SMARTS) is 1. The third-order valence-corrected chi connectivity index (χ3v) is 3.07. The van der Waals surface area contributed by atoms with Crippen LogP contribution < -0.4 is 11.1 Å². The van der Waals surface area contributed by atoms with E-state index in [1.807, 2.05) is 0 Å². The van der Waals surface area contributed by atoms with Gasteiger partial charge in [-0.15, -0.1) is 0 Å². The zero-order chi connectivity index (χ0) is 15.5. The van der Waals surface area contributed by atoms with Crippen LogP contribution in [0.25, 0.3) is 0 Å². The van der Waals surface area contributed by atoms with E-state index in [1.54, 1.807) is 6.92 Å². The lowest BCUT2D eigenvalue weighted by Crippen LogP contribution is -2.42. The summed E-state index contributed by atoms with van der Waals surface area (Å²) >= 11 is 0. The molecule has 0 aromatic heterocycles. The Balaban J connectivity index is 3.28. The van der Waals surface area contributed by atoms with Crippen molar-refractivity contribution in [1.82, 2.24) is 0 Å². The summed E-state index contributed by atoms with van der Waals surface area (Å²) in [6, 6.07) is 3.59. The number of primary amides is 1. The normalized spacial score (nSPS) is 13.3. The second-order valence-electron chi connectivity index (χ2n) is 4.47. The largest absolute Gasteiger partial charge is 0.480 e. The molecule has 0 saturated heterocycles. The third kappa shape index (κ3) is 3.02. The van der Waals surface area contributed by atoms with Crippen molar-refractivity contribution in [3.8, 4) is 0 Å². The van der Waals surface area contributed by atoms with Gasteiger partial charge in [-0.25, -0.2) is 4.79 Å². The molecule has 0 bridgehead atoms. The van der Waals surface area contributed by atoms with Crippen LogP contribution in [-0.4, -0.2) is 27.4 Å². The Morgan fingerprint density at radius 2 is 2.10 bits per heavy atom. The van der Waals surface area contributed by atoms with Crippen molar-refractivity contribution in [2.75, 3.05) is 5.32 Å². The maximum Gasteiger partial charge on any atom is 0.329 e. The summed E-state index contributed by atoms with van der Waals surface area (Å²) < 4.78 is 0. The Morgan fingerprint density at radius 3 is 2.50 bits per heavy atom. The number of nitro groups is 1. The predicted molar refractivity (Wildman–Crippen MR) is 71.6 cm³/mol. The Bertz CT molecular complexity index is 572. The van der Waals surface area contributed by atoms with Crippen LogP contribution in [0.1, 0.15) is 30.6 Å².